The van der Waals surface area contributed by atoms with Crippen molar-refractivity contribution in [2.24, 2.45) is 0 Å². The van der Waals surface area contributed by atoms with Gasteiger partial charge in [-0.2, -0.15) is 5.10 Å². The van der Waals surface area contributed by atoms with Crippen molar-refractivity contribution in [2.75, 3.05) is 12.3 Å². The number of hydrogen-bond acceptors (Lipinski definition) is 4. The number of benzene rings is 1. The lowest BCUT2D eigenvalue weighted by atomic mass is 10.2. The van der Waals surface area contributed by atoms with Gasteiger partial charge in [0.25, 0.3) is 0 Å². The quantitative estimate of drug-likeness (QED) is 0.821. The van der Waals surface area contributed by atoms with Gasteiger partial charge < -0.3 is 5.73 Å². The molecule has 2 rings (SSSR count). The van der Waals surface area contributed by atoms with Gasteiger partial charge in [0.2, 0.25) is 0 Å². The number of nitrogens with zero attached hydrogens (tertiary/aromatic N) is 4. The maximum absolute atomic E-state index is 5.83. The van der Waals surface area contributed by atoms with E-state index in [9.17, 15) is 0 Å². The van der Waals surface area contributed by atoms with Gasteiger partial charge in [-0.05, 0) is 38.1 Å². The van der Waals surface area contributed by atoms with E-state index < -0.39 is 0 Å². The molecule has 0 aliphatic carbocycles. The topological polar surface area (TPSA) is 60.0 Å². The number of aromatic nitrogens is 3. The van der Waals surface area contributed by atoms with Gasteiger partial charge in [0.05, 0.1) is 6.54 Å². The van der Waals surface area contributed by atoms with Crippen molar-refractivity contribution in [3.8, 4) is 0 Å². The van der Waals surface area contributed by atoms with Crippen molar-refractivity contribution in [3.63, 3.8) is 0 Å². The van der Waals surface area contributed by atoms with Crippen molar-refractivity contribution in [3.05, 3.63) is 42.0 Å². The minimum absolute atomic E-state index is 0.332. The Morgan fingerprint density at radius 1 is 1.30 bits per heavy atom. The van der Waals surface area contributed by atoms with E-state index in [1.807, 2.05) is 22.9 Å². The fourth-order valence-electron chi connectivity index (χ4n) is 2.25. The van der Waals surface area contributed by atoms with Crippen molar-refractivity contribution in [1.82, 2.24) is 19.7 Å². The summed E-state index contributed by atoms with van der Waals surface area (Å²) in [6, 6.07) is 8.37. The zero-order chi connectivity index (χ0) is 14.5. The van der Waals surface area contributed by atoms with E-state index in [4.69, 9.17) is 5.73 Å². The van der Waals surface area contributed by atoms with Crippen LogP contribution in [0, 0.1) is 0 Å². The predicted molar refractivity (Wildman–Crippen MR) is 81.0 cm³/mol. The van der Waals surface area contributed by atoms with Gasteiger partial charge in [-0.25, -0.2) is 9.67 Å². The van der Waals surface area contributed by atoms with Crippen molar-refractivity contribution in [1.29, 1.82) is 0 Å². The summed E-state index contributed by atoms with van der Waals surface area (Å²) < 4.78 is 1.97. The fourth-order valence-corrected chi connectivity index (χ4v) is 2.25. The van der Waals surface area contributed by atoms with E-state index in [1.54, 1.807) is 6.33 Å². The van der Waals surface area contributed by atoms with Crippen LogP contribution in [0.2, 0.25) is 0 Å². The monoisotopic (exact) mass is 273 g/mol. The first kappa shape index (κ1) is 14.5. The van der Waals surface area contributed by atoms with Crippen LogP contribution in [-0.2, 0) is 13.1 Å². The molecule has 1 aromatic carbocycles. The molecule has 108 valence electrons. The molecular formula is C15H23N5. The molecule has 5 heteroatoms. The van der Waals surface area contributed by atoms with Crippen molar-refractivity contribution < 1.29 is 0 Å². The molecule has 0 unspecified atom stereocenters. The zero-order valence-electron chi connectivity index (χ0n) is 12.5. The molecule has 0 atom stereocenters. The number of nitrogen functional groups attached to an aromatic ring is 1. The number of rotatable bonds is 6. The first-order chi connectivity index (χ1) is 9.60. The largest absolute Gasteiger partial charge is 0.399 e. The van der Waals surface area contributed by atoms with Crippen LogP contribution in [0.25, 0.3) is 0 Å². The lowest BCUT2D eigenvalue weighted by Crippen LogP contribution is -2.25. The second kappa shape index (κ2) is 6.52. The third-order valence-electron chi connectivity index (χ3n) is 3.31. The summed E-state index contributed by atoms with van der Waals surface area (Å²) in [4.78, 5) is 6.70. The Hall–Kier alpha value is -1.88. The lowest BCUT2D eigenvalue weighted by Gasteiger charge is -2.21. The van der Waals surface area contributed by atoms with Crippen LogP contribution >= 0.6 is 0 Å². The van der Waals surface area contributed by atoms with Crippen LogP contribution in [0.15, 0.2) is 30.6 Å². The van der Waals surface area contributed by atoms with E-state index in [-0.39, 0.29) is 0 Å². The SMILES string of the molecule is CCN(Cc1cccc(N)c1)Cc1ncnn1C(C)C. The highest BCUT2D eigenvalue weighted by Gasteiger charge is 2.12. The highest BCUT2D eigenvalue weighted by atomic mass is 15.4. The van der Waals surface area contributed by atoms with Gasteiger partial charge in [0, 0.05) is 18.3 Å². The predicted octanol–water partition coefficient (Wildman–Crippen LogP) is 2.46. The van der Waals surface area contributed by atoms with Gasteiger partial charge >= 0.3 is 0 Å². The average Bonchev–Trinajstić information content (AvgIpc) is 2.86. The smallest absolute Gasteiger partial charge is 0.141 e. The van der Waals surface area contributed by atoms with Crippen LogP contribution in [0.4, 0.5) is 5.69 Å². The summed E-state index contributed by atoms with van der Waals surface area (Å²) in [6.45, 7) is 9.01. The molecule has 0 aliphatic heterocycles. The summed E-state index contributed by atoms with van der Waals surface area (Å²) in [5, 5.41) is 4.28. The van der Waals surface area contributed by atoms with Crippen molar-refractivity contribution in [2.45, 2.75) is 39.9 Å². The van der Waals surface area contributed by atoms with Gasteiger partial charge in [0.1, 0.15) is 12.2 Å². The highest BCUT2D eigenvalue weighted by molar-refractivity contribution is 5.40. The van der Waals surface area contributed by atoms with Crippen LogP contribution in [0.5, 0.6) is 0 Å². The Labute approximate surface area is 120 Å². The van der Waals surface area contributed by atoms with Gasteiger partial charge in [-0.3, -0.25) is 4.90 Å². The molecule has 1 heterocycles. The van der Waals surface area contributed by atoms with Gasteiger partial charge in [0.15, 0.2) is 0 Å². The standard InChI is InChI=1S/C15H23N5/c1-4-19(9-13-6-5-7-14(16)8-13)10-15-17-11-18-20(15)12(2)3/h5-8,11-12H,4,9-10,16H2,1-3H3. The maximum atomic E-state index is 5.83. The molecular weight excluding hydrogens is 250 g/mol. The Kier molecular flexibility index (Phi) is 4.74. The molecule has 5 nitrogen and oxygen atoms in total. The molecule has 0 saturated heterocycles. The Balaban J connectivity index is 2.07. The number of hydrogen-bond donors (Lipinski definition) is 1. The fraction of sp³-hybridized carbons (Fsp3) is 0.467. The zero-order valence-corrected chi connectivity index (χ0v) is 12.5. The van der Waals surface area contributed by atoms with Crippen LogP contribution < -0.4 is 5.73 Å². The normalized spacial score (nSPS) is 11.4. The summed E-state index contributed by atoms with van der Waals surface area (Å²) in [5.41, 5.74) is 7.86. The first-order valence-corrected chi connectivity index (χ1v) is 7.05. The number of anilines is 1. The van der Waals surface area contributed by atoms with E-state index in [0.717, 1.165) is 31.1 Å². The molecule has 0 fully saturated rings. The molecule has 0 spiro atoms. The van der Waals surface area contributed by atoms with Crippen LogP contribution in [0.1, 0.15) is 38.2 Å². The second-order valence-electron chi connectivity index (χ2n) is 5.26. The van der Waals surface area contributed by atoms with Crippen LogP contribution in [-0.4, -0.2) is 26.2 Å². The van der Waals surface area contributed by atoms with Gasteiger partial charge in [-0.15, -0.1) is 0 Å². The van der Waals surface area contributed by atoms with E-state index in [0.29, 0.717) is 6.04 Å². The van der Waals surface area contributed by atoms with Crippen molar-refractivity contribution >= 4 is 5.69 Å². The first-order valence-electron chi connectivity index (χ1n) is 7.05. The third kappa shape index (κ3) is 3.57. The lowest BCUT2D eigenvalue weighted by molar-refractivity contribution is 0.256. The maximum Gasteiger partial charge on any atom is 0.141 e. The summed E-state index contributed by atoms with van der Waals surface area (Å²) in [5.74, 6) is 1.01. The molecule has 0 saturated carbocycles. The van der Waals surface area contributed by atoms with Gasteiger partial charge in [-0.1, -0.05) is 19.1 Å². The molecule has 1 aromatic heterocycles. The molecule has 0 radical (unpaired) electrons. The summed E-state index contributed by atoms with van der Waals surface area (Å²) in [7, 11) is 0. The summed E-state index contributed by atoms with van der Waals surface area (Å²) in [6.07, 6.45) is 1.63. The molecule has 0 amide bonds. The minimum atomic E-state index is 0.332. The average molecular weight is 273 g/mol. The molecule has 0 bridgehead atoms. The van der Waals surface area contributed by atoms with Crippen LogP contribution in [0.3, 0.4) is 0 Å². The molecule has 2 aromatic rings. The Morgan fingerprint density at radius 3 is 2.75 bits per heavy atom. The van der Waals surface area contributed by atoms with E-state index in [1.165, 1.54) is 5.56 Å². The third-order valence-corrected chi connectivity index (χ3v) is 3.31. The Bertz CT molecular complexity index is 547. The number of nitrogens with two attached hydrogens (primary N) is 1. The highest BCUT2D eigenvalue weighted by Crippen LogP contribution is 2.13. The van der Waals surface area contributed by atoms with E-state index >= 15 is 0 Å². The Morgan fingerprint density at radius 2 is 2.10 bits per heavy atom. The molecule has 20 heavy (non-hydrogen) atoms. The molecule has 2 N–H and O–H groups in total. The second-order valence-corrected chi connectivity index (χ2v) is 5.26. The summed E-state index contributed by atoms with van der Waals surface area (Å²) >= 11 is 0. The van der Waals surface area contributed by atoms with E-state index in [2.05, 4.69) is 41.8 Å². The molecule has 0 aliphatic rings. The minimum Gasteiger partial charge on any atom is -0.399 e.